The van der Waals surface area contributed by atoms with Gasteiger partial charge in [-0.2, -0.15) is 0 Å². The van der Waals surface area contributed by atoms with Crippen molar-refractivity contribution in [2.75, 3.05) is 0 Å². The van der Waals surface area contributed by atoms with Crippen LogP contribution in [-0.4, -0.2) is 28.6 Å². The Bertz CT molecular complexity index is 271. The standard InChI is InChI=1S/C13H22O4/c1-3-4-11(15)5-6-12(16)7-8-13(17)9-10(2)14/h11,15H,3-9H2,1-2H3. The number of carbonyl (C=O) groups is 3. The molecule has 0 saturated carbocycles. The van der Waals surface area contributed by atoms with Gasteiger partial charge in [0.15, 0.2) is 0 Å². The molecular formula is C13H22O4. The number of carbonyl (C=O) groups excluding carboxylic acids is 3. The first-order valence-corrected chi connectivity index (χ1v) is 6.16. The van der Waals surface area contributed by atoms with E-state index >= 15 is 0 Å². The average Bonchev–Trinajstić information content (AvgIpc) is 2.23. The zero-order valence-electron chi connectivity index (χ0n) is 10.7. The number of hydrogen-bond acceptors (Lipinski definition) is 4. The SMILES string of the molecule is CCCC(O)CCC(=O)CCC(=O)CC(C)=O. The van der Waals surface area contributed by atoms with Gasteiger partial charge in [0.05, 0.1) is 12.5 Å². The fourth-order valence-corrected chi connectivity index (χ4v) is 1.58. The molecule has 0 spiro atoms. The second-order valence-electron chi connectivity index (χ2n) is 4.44. The van der Waals surface area contributed by atoms with Crippen LogP contribution in [0.5, 0.6) is 0 Å². The highest BCUT2D eigenvalue weighted by Gasteiger charge is 2.11. The molecule has 0 fully saturated rings. The highest BCUT2D eigenvalue weighted by atomic mass is 16.3. The zero-order valence-corrected chi connectivity index (χ0v) is 10.7. The van der Waals surface area contributed by atoms with Gasteiger partial charge in [-0.05, 0) is 19.8 Å². The van der Waals surface area contributed by atoms with E-state index in [2.05, 4.69) is 0 Å². The molecule has 0 aliphatic carbocycles. The van der Waals surface area contributed by atoms with Gasteiger partial charge < -0.3 is 5.11 Å². The Hall–Kier alpha value is -1.03. The van der Waals surface area contributed by atoms with Gasteiger partial charge in [-0.25, -0.2) is 0 Å². The maximum absolute atomic E-state index is 11.4. The summed E-state index contributed by atoms with van der Waals surface area (Å²) in [5.74, 6) is -0.363. The second-order valence-corrected chi connectivity index (χ2v) is 4.44. The fraction of sp³-hybridized carbons (Fsp3) is 0.769. The summed E-state index contributed by atoms with van der Waals surface area (Å²) in [5.41, 5.74) is 0. The number of aliphatic hydroxyl groups is 1. The lowest BCUT2D eigenvalue weighted by atomic mass is 10.0. The van der Waals surface area contributed by atoms with Crippen molar-refractivity contribution < 1.29 is 19.5 Å². The summed E-state index contributed by atoms with van der Waals surface area (Å²) in [7, 11) is 0. The van der Waals surface area contributed by atoms with Gasteiger partial charge in [0, 0.05) is 19.3 Å². The number of ketones is 3. The van der Waals surface area contributed by atoms with Crippen LogP contribution in [0.1, 0.15) is 58.8 Å². The molecule has 0 aliphatic rings. The topological polar surface area (TPSA) is 71.4 Å². The van der Waals surface area contributed by atoms with E-state index in [0.29, 0.717) is 19.3 Å². The summed E-state index contributed by atoms with van der Waals surface area (Å²) in [5, 5.41) is 9.43. The van der Waals surface area contributed by atoms with Crippen LogP contribution >= 0.6 is 0 Å². The zero-order chi connectivity index (χ0) is 13.3. The van der Waals surface area contributed by atoms with Gasteiger partial charge in [0.2, 0.25) is 0 Å². The van der Waals surface area contributed by atoms with Crippen LogP contribution in [0.3, 0.4) is 0 Å². The van der Waals surface area contributed by atoms with Crippen molar-refractivity contribution in [3.63, 3.8) is 0 Å². The van der Waals surface area contributed by atoms with Gasteiger partial charge in [-0.3, -0.25) is 14.4 Å². The normalized spacial score (nSPS) is 12.2. The lowest BCUT2D eigenvalue weighted by Crippen LogP contribution is -2.11. The minimum absolute atomic E-state index is 0.0166. The molecule has 0 radical (unpaired) electrons. The van der Waals surface area contributed by atoms with Crippen molar-refractivity contribution in [3.8, 4) is 0 Å². The van der Waals surface area contributed by atoms with Gasteiger partial charge in [0.25, 0.3) is 0 Å². The van der Waals surface area contributed by atoms with E-state index in [1.54, 1.807) is 0 Å². The van der Waals surface area contributed by atoms with E-state index < -0.39 is 6.10 Å². The lowest BCUT2D eigenvalue weighted by Gasteiger charge is -2.07. The van der Waals surface area contributed by atoms with E-state index in [4.69, 9.17) is 0 Å². The molecule has 0 saturated heterocycles. The Morgan fingerprint density at radius 3 is 2.12 bits per heavy atom. The molecule has 4 heteroatoms. The number of rotatable bonds is 10. The summed E-state index contributed by atoms with van der Waals surface area (Å²) >= 11 is 0. The van der Waals surface area contributed by atoms with Crippen molar-refractivity contribution in [1.82, 2.24) is 0 Å². The Kier molecular flexibility index (Phi) is 8.50. The molecule has 4 nitrogen and oxygen atoms in total. The molecule has 17 heavy (non-hydrogen) atoms. The Balaban J connectivity index is 3.66. The Labute approximate surface area is 102 Å². The molecule has 0 rings (SSSR count). The molecule has 0 amide bonds. The average molecular weight is 242 g/mol. The Morgan fingerprint density at radius 1 is 1.00 bits per heavy atom. The van der Waals surface area contributed by atoms with Gasteiger partial charge in [-0.15, -0.1) is 0 Å². The van der Waals surface area contributed by atoms with Gasteiger partial charge in [0.1, 0.15) is 17.3 Å². The third kappa shape index (κ3) is 9.87. The molecule has 1 unspecified atom stereocenters. The summed E-state index contributed by atoms with van der Waals surface area (Å²) in [6, 6.07) is 0. The van der Waals surface area contributed by atoms with Crippen molar-refractivity contribution in [3.05, 3.63) is 0 Å². The predicted octanol–water partition coefficient (Wildman–Crippen LogP) is 1.83. The van der Waals surface area contributed by atoms with Crippen LogP contribution in [0, 0.1) is 0 Å². The summed E-state index contributed by atoms with van der Waals surface area (Å²) in [6.07, 6.45) is 2.21. The van der Waals surface area contributed by atoms with Crippen LogP contribution in [0.2, 0.25) is 0 Å². The molecule has 0 aromatic rings. The third-order valence-electron chi connectivity index (χ3n) is 2.51. The molecule has 0 bridgehead atoms. The molecular weight excluding hydrogens is 220 g/mol. The lowest BCUT2D eigenvalue weighted by molar-refractivity contribution is -0.128. The van der Waals surface area contributed by atoms with Crippen molar-refractivity contribution >= 4 is 17.3 Å². The molecule has 0 heterocycles. The number of hydrogen-bond donors (Lipinski definition) is 1. The fourth-order valence-electron chi connectivity index (χ4n) is 1.58. The molecule has 0 aliphatic heterocycles. The molecule has 1 N–H and O–H groups in total. The van der Waals surface area contributed by atoms with Crippen molar-refractivity contribution in [2.45, 2.75) is 64.9 Å². The third-order valence-corrected chi connectivity index (χ3v) is 2.51. The van der Waals surface area contributed by atoms with E-state index in [1.807, 2.05) is 6.92 Å². The minimum atomic E-state index is -0.420. The highest BCUT2D eigenvalue weighted by Crippen LogP contribution is 2.07. The second kappa shape index (κ2) is 9.05. The van der Waals surface area contributed by atoms with Crippen LogP contribution in [0.4, 0.5) is 0 Å². The predicted molar refractivity (Wildman–Crippen MR) is 64.7 cm³/mol. The van der Waals surface area contributed by atoms with E-state index in [1.165, 1.54) is 6.92 Å². The first-order valence-electron chi connectivity index (χ1n) is 6.16. The molecule has 0 aromatic carbocycles. The first-order chi connectivity index (χ1) is 7.95. The molecule has 0 aromatic heterocycles. The summed E-state index contributed by atoms with van der Waals surface area (Å²) < 4.78 is 0. The van der Waals surface area contributed by atoms with E-state index in [9.17, 15) is 19.5 Å². The quantitative estimate of drug-likeness (QED) is 0.593. The Morgan fingerprint density at radius 2 is 1.59 bits per heavy atom. The smallest absolute Gasteiger partial charge is 0.140 e. The van der Waals surface area contributed by atoms with Crippen LogP contribution in [0.15, 0.2) is 0 Å². The van der Waals surface area contributed by atoms with E-state index in [-0.39, 0.29) is 36.6 Å². The van der Waals surface area contributed by atoms with Gasteiger partial charge >= 0.3 is 0 Å². The van der Waals surface area contributed by atoms with Crippen molar-refractivity contribution in [1.29, 1.82) is 0 Å². The van der Waals surface area contributed by atoms with Gasteiger partial charge in [-0.1, -0.05) is 13.3 Å². The minimum Gasteiger partial charge on any atom is -0.393 e. The monoisotopic (exact) mass is 242 g/mol. The first kappa shape index (κ1) is 16.0. The largest absolute Gasteiger partial charge is 0.393 e. The highest BCUT2D eigenvalue weighted by molar-refractivity contribution is 5.99. The summed E-state index contributed by atoms with van der Waals surface area (Å²) in [6.45, 7) is 3.34. The number of Topliss-reactive ketones (excluding diaryl/α,β-unsaturated/α-hetero) is 3. The van der Waals surface area contributed by atoms with Crippen LogP contribution in [-0.2, 0) is 14.4 Å². The molecule has 98 valence electrons. The van der Waals surface area contributed by atoms with Crippen molar-refractivity contribution in [2.24, 2.45) is 0 Å². The maximum atomic E-state index is 11.4. The van der Waals surface area contributed by atoms with E-state index in [0.717, 1.165) is 6.42 Å². The van der Waals surface area contributed by atoms with Crippen LogP contribution < -0.4 is 0 Å². The maximum Gasteiger partial charge on any atom is 0.140 e. The van der Waals surface area contributed by atoms with Crippen LogP contribution in [0.25, 0.3) is 0 Å². The summed E-state index contributed by atoms with van der Waals surface area (Å²) in [4.78, 5) is 33.2. The molecule has 1 atom stereocenters. The number of aliphatic hydroxyl groups excluding tert-OH is 1.